The smallest absolute Gasteiger partial charge is 0.317 e. The maximum atomic E-state index is 12.4. The highest BCUT2D eigenvalue weighted by Crippen LogP contribution is 2.27. The first-order valence-corrected chi connectivity index (χ1v) is 8.86. The monoisotopic (exact) mass is 382 g/mol. The fraction of sp³-hybridized carbons (Fsp3) is 0.579. The number of urea groups is 1. The largest absolute Gasteiger partial charge is 0.342 e. The van der Waals surface area contributed by atoms with E-state index in [9.17, 15) is 9.59 Å². The van der Waals surface area contributed by atoms with Gasteiger partial charge in [0.25, 0.3) is 0 Å². The lowest BCUT2D eigenvalue weighted by Gasteiger charge is -2.42. The average Bonchev–Trinajstić information content (AvgIpc) is 2.57. The van der Waals surface area contributed by atoms with E-state index in [2.05, 4.69) is 19.2 Å². The van der Waals surface area contributed by atoms with Crippen molar-refractivity contribution in [3.05, 3.63) is 35.9 Å². The van der Waals surface area contributed by atoms with Crippen molar-refractivity contribution in [1.29, 1.82) is 0 Å². The fourth-order valence-corrected chi connectivity index (χ4v) is 3.09. The minimum absolute atomic E-state index is 0. The number of hydrogen-bond acceptors (Lipinski definition) is 3. The van der Waals surface area contributed by atoms with Crippen molar-refractivity contribution in [3.63, 3.8) is 0 Å². The molecule has 1 unspecified atom stereocenters. The van der Waals surface area contributed by atoms with Crippen molar-refractivity contribution >= 4 is 24.3 Å². The van der Waals surface area contributed by atoms with E-state index in [4.69, 9.17) is 5.73 Å². The van der Waals surface area contributed by atoms with E-state index in [1.165, 1.54) is 0 Å². The number of benzene rings is 1. The summed E-state index contributed by atoms with van der Waals surface area (Å²) in [4.78, 5) is 28.0. The number of halogens is 1. The van der Waals surface area contributed by atoms with Crippen molar-refractivity contribution in [1.82, 2.24) is 15.1 Å². The minimum Gasteiger partial charge on any atom is -0.342 e. The van der Waals surface area contributed by atoms with E-state index in [1.54, 1.807) is 11.9 Å². The molecule has 3 amide bonds. The molecule has 1 aliphatic heterocycles. The number of piperidine rings is 1. The third kappa shape index (κ3) is 6.18. The Kier molecular flexibility index (Phi) is 8.37. The van der Waals surface area contributed by atoms with Crippen LogP contribution in [0.15, 0.2) is 30.3 Å². The number of hydrogen-bond donors (Lipinski definition) is 2. The molecule has 146 valence electrons. The average molecular weight is 383 g/mol. The van der Waals surface area contributed by atoms with Gasteiger partial charge in [0.05, 0.1) is 0 Å². The van der Waals surface area contributed by atoms with Crippen LogP contribution < -0.4 is 11.1 Å². The topological polar surface area (TPSA) is 78.7 Å². The second-order valence-corrected chi connectivity index (χ2v) is 7.52. The van der Waals surface area contributed by atoms with E-state index >= 15 is 0 Å². The molecule has 0 bridgehead atoms. The predicted molar refractivity (Wildman–Crippen MR) is 106 cm³/mol. The third-order valence-electron chi connectivity index (χ3n) is 4.89. The zero-order chi connectivity index (χ0) is 18.4. The molecule has 0 aromatic heterocycles. The number of nitrogens with one attached hydrogen (secondary N) is 1. The maximum Gasteiger partial charge on any atom is 0.317 e. The van der Waals surface area contributed by atoms with Crippen LogP contribution in [0.2, 0.25) is 0 Å². The lowest BCUT2D eigenvalue weighted by molar-refractivity contribution is -0.134. The fourth-order valence-electron chi connectivity index (χ4n) is 3.09. The summed E-state index contributed by atoms with van der Waals surface area (Å²) in [5.41, 5.74) is 7.12. The molecule has 0 saturated carbocycles. The zero-order valence-corrected chi connectivity index (χ0v) is 16.7. The molecule has 3 N–H and O–H groups in total. The Balaban J connectivity index is 0.00000338. The van der Waals surface area contributed by atoms with E-state index in [0.29, 0.717) is 32.6 Å². The van der Waals surface area contributed by atoms with Crippen molar-refractivity contribution in [2.45, 2.75) is 39.3 Å². The minimum atomic E-state index is -0.169. The summed E-state index contributed by atoms with van der Waals surface area (Å²) < 4.78 is 0. The Morgan fingerprint density at radius 1 is 1.31 bits per heavy atom. The maximum absolute atomic E-state index is 12.4. The molecule has 0 radical (unpaired) electrons. The summed E-state index contributed by atoms with van der Waals surface area (Å²) >= 11 is 0. The molecule has 1 saturated heterocycles. The molecule has 0 spiro atoms. The first kappa shape index (κ1) is 22.3. The number of carbonyl (C=O) groups is 2. The van der Waals surface area contributed by atoms with Crippen LogP contribution in [-0.2, 0) is 11.3 Å². The molecule has 6 nitrogen and oxygen atoms in total. The van der Waals surface area contributed by atoms with Gasteiger partial charge in [-0.1, -0.05) is 44.2 Å². The highest BCUT2D eigenvalue weighted by molar-refractivity contribution is 5.85. The summed E-state index contributed by atoms with van der Waals surface area (Å²) in [6, 6.07) is 9.77. The number of nitrogens with two attached hydrogens (primary N) is 1. The molecule has 2 rings (SSSR count). The first-order chi connectivity index (χ1) is 11.8. The van der Waals surface area contributed by atoms with Crippen molar-refractivity contribution < 1.29 is 9.59 Å². The molecular weight excluding hydrogens is 352 g/mol. The van der Waals surface area contributed by atoms with Crippen LogP contribution in [0, 0.1) is 5.41 Å². The van der Waals surface area contributed by atoms with Gasteiger partial charge in [-0.15, -0.1) is 12.4 Å². The normalized spacial score (nSPS) is 18.6. The van der Waals surface area contributed by atoms with Gasteiger partial charge >= 0.3 is 6.03 Å². The van der Waals surface area contributed by atoms with E-state index in [0.717, 1.165) is 12.0 Å². The van der Waals surface area contributed by atoms with E-state index in [1.807, 2.05) is 35.2 Å². The summed E-state index contributed by atoms with van der Waals surface area (Å²) in [7, 11) is 1.75. The van der Waals surface area contributed by atoms with Crippen LogP contribution in [0.5, 0.6) is 0 Å². The summed E-state index contributed by atoms with van der Waals surface area (Å²) in [5, 5.41) is 2.82. The first-order valence-electron chi connectivity index (χ1n) is 8.86. The highest BCUT2D eigenvalue weighted by atomic mass is 35.5. The summed E-state index contributed by atoms with van der Waals surface area (Å²) in [6.45, 7) is 6.45. The van der Waals surface area contributed by atoms with Gasteiger partial charge in [-0.2, -0.15) is 0 Å². The van der Waals surface area contributed by atoms with Crippen LogP contribution >= 0.6 is 12.4 Å². The quantitative estimate of drug-likeness (QED) is 0.819. The Hall–Kier alpha value is -1.79. The van der Waals surface area contributed by atoms with Gasteiger partial charge in [-0.3, -0.25) is 4.79 Å². The molecule has 0 aliphatic carbocycles. The Bertz CT molecular complexity index is 594. The van der Waals surface area contributed by atoms with Crippen LogP contribution in [0.4, 0.5) is 4.79 Å². The number of carbonyl (C=O) groups excluding carboxylic acids is 2. The highest BCUT2D eigenvalue weighted by Gasteiger charge is 2.35. The van der Waals surface area contributed by atoms with E-state index < -0.39 is 0 Å². The third-order valence-corrected chi connectivity index (χ3v) is 4.89. The van der Waals surface area contributed by atoms with Crippen LogP contribution in [-0.4, -0.2) is 54.5 Å². The van der Waals surface area contributed by atoms with Gasteiger partial charge in [-0.25, -0.2) is 4.79 Å². The molecule has 1 heterocycles. The molecule has 1 aliphatic rings. The Morgan fingerprint density at radius 2 is 1.96 bits per heavy atom. The Morgan fingerprint density at radius 3 is 2.58 bits per heavy atom. The lowest BCUT2D eigenvalue weighted by Crippen LogP contribution is -2.54. The van der Waals surface area contributed by atoms with Crippen LogP contribution in [0.25, 0.3) is 0 Å². The van der Waals surface area contributed by atoms with Crippen LogP contribution in [0.1, 0.15) is 32.3 Å². The molecule has 1 aromatic carbocycles. The van der Waals surface area contributed by atoms with Gasteiger partial charge in [-0.05, 0) is 17.4 Å². The van der Waals surface area contributed by atoms with E-state index in [-0.39, 0.29) is 35.8 Å². The standard InChI is InChI=1S/C19H30N4O2.ClH/c1-19(2)14-23(12-10-16(19)20)17(24)9-11-21-18(25)22(3)13-15-7-5-4-6-8-15;/h4-8,16H,9-14,20H2,1-3H3,(H,21,25);1H. The summed E-state index contributed by atoms with van der Waals surface area (Å²) in [6.07, 6.45) is 1.14. The van der Waals surface area contributed by atoms with Crippen molar-refractivity contribution in [2.24, 2.45) is 11.1 Å². The number of likely N-dealkylation sites (tertiary alicyclic amines) is 1. The van der Waals surface area contributed by atoms with Gasteiger partial charge in [0.1, 0.15) is 0 Å². The number of amides is 3. The van der Waals surface area contributed by atoms with Crippen LogP contribution in [0.3, 0.4) is 0 Å². The molecule has 1 aromatic rings. The van der Waals surface area contributed by atoms with Crippen molar-refractivity contribution in [2.75, 3.05) is 26.7 Å². The lowest BCUT2D eigenvalue weighted by atomic mass is 9.79. The molecule has 7 heteroatoms. The molecular formula is C19H31ClN4O2. The van der Waals surface area contributed by atoms with Gasteiger partial charge in [0.15, 0.2) is 0 Å². The zero-order valence-electron chi connectivity index (χ0n) is 15.9. The Labute approximate surface area is 162 Å². The van der Waals surface area contributed by atoms with Gasteiger partial charge < -0.3 is 20.9 Å². The van der Waals surface area contributed by atoms with Gasteiger partial charge in [0, 0.05) is 45.7 Å². The molecule has 26 heavy (non-hydrogen) atoms. The number of rotatable bonds is 5. The summed E-state index contributed by atoms with van der Waals surface area (Å²) in [5.74, 6) is 0.0750. The second-order valence-electron chi connectivity index (χ2n) is 7.52. The number of nitrogens with zero attached hydrogens (tertiary/aromatic N) is 2. The van der Waals surface area contributed by atoms with Crippen molar-refractivity contribution in [3.8, 4) is 0 Å². The van der Waals surface area contributed by atoms with Gasteiger partial charge in [0.2, 0.25) is 5.91 Å². The predicted octanol–water partition coefficient (Wildman–Crippen LogP) is 2.23. The second kappa shape index (κ2) is 9.78. The SMILES string of the molecule is CN(Cc1ccccc1)C(=O)NCCC(=O)N1CCC(N)C(C)(C)C1.Cl. The molecule has 1 atom stereocenters. The molecule has 1 fully saturated rings.